The molecule has 12 heavy (non-hydrogen) atoms. The summed E-state index contributed by atoms with van der Waals surface area (Å²) in [5.74, 6) is 0.317. The predicted molar refractivity (Wildman–Crippen MR) is 43.6 cm³/mol. The Morgan fingerprint density at radius 1 is 1.33 bits per heavy atom. The monoisotopic (exact) mass is 190 g/mol. The molecule has 0 aromatic heterocycles. The van der Waals surface area contributed by atoms with Crippen molar-refractivity contribution >= 4 is 5.97 Å². The van der Waals surface area contributed by atoms with Crippen molar-refractivity contribution < 1.29 is 62.3 Å². The molecule has 0 bridgehead atoms. The molecule has 0 atom stereocenters. The first kappa shape index (κ1) is 12.3. The van der Waals surface area contributed by atoms with Crippen molar-refractivity contribution in [2.45, 2.75) is 13.8 Å². The van der Waals surface area contributed by atoms with E-state index in [2.05, 4.69) is 0 Å². The van der Waals surface area contributed by atoms with Crippen LogP contribution in [-0.2, 0) is 4.79 Å². The average molecular weight is 190 g/mol. The van der Waals surface area contributed by atoms with E-state index in [1.807, 2.05) is 19.1 Å². The van der Waals surface area contributed by atoms with Crippen molar-refractivity contribution in [1.29, 1.82) is 0 Å². The van der Waals surface area contributed by atoms with Gasteiger partial charge in [0.15, 0.2) is 0 Å². The van der Waals surface area contributed by atoms with E-state index in [1.54, 1.807) is 12.1 Å². The molecule has 0 spiro atoms. The topological polar surface area (TPSA) is 26.3 Å². The zero-order chi connectivity index (χ0) is 8.27. The van der Waals surface area contributed by atoms with Gasteiger partial charge in [-0.15, -0.1) is 0 Å². The first-order chi connectivity index (χ1) is 5.18. The summed E-state index contributed by atoms with van der Waals surface area (Å²) in [4.78, 5) is 10.5. The van der Waals surface area contributed by atoms with E-state index in [1.165, 1.54) is 6.92 Å². The molecule has 0 fully saturated rings. The number of hydrogen-bond donors (Lipinski definition) is 0. The summed E-state index contributed by atoms with van der Waals surface area (Å²) < 4.78 is 4.83. The van der Waals surface area contributed by atoms with E-state index in [4.69, 9.17) is 4.74 Å². The Morgan fingerprint density at radius 3 is 2.25 bits per heavy atom. The van der Waals surface area contributed by atoms with Gasteiger partial charge in [-0.3, -0.25) is 4.79 Å². The molecule has 3 heteroatoms. The average Bonchev–Trinajstić information content (AvgIpc) is 1.93. The summed E-state index contributed by atoms with van der Waals surface area (Å²) in [6.45, 7) is 3.37. The molecule has 1 rings (SSSR count). The Hall–Kier alpha value is 0.326. The van der Waals surface area contributed by atoms with E-state index >= 15 is 0 Å². The van der Waals surface area contributed by atoms with E-state index in [0.717, 1.165) is 5.56 Å². The second kappa shape index (κ2) is 5.88. The molecule has 2 nitrogen and oxygen atoms in total. The van der Waals surface area contributed by atoms with E-state index in [0.29, 0.717) is 5.75 Å². The molecule has 0 aliphatic heterocycles. The number of benzene rings is 1. The Bertz CT molecular complexity index is 259. The second-order valence-corrected chi connectivity index (χ2v) is 2.41. The molecule has 0 saturated carbocycles. The first-order valence-electron chi connectivity index (χ1n) is 3.43. The molecule has 0 aliphatic carbocycles. The molecular weight excluding hydrogens is 179 g/mol. The summed E-state index contributed by atoms with van der Waals surface area (Å²) in [6, 6.07) is 7.35. The quantitative estimate of drug-likeness (QED) is 0.324. The molecule has 0 heterocycles. The zero-order valence-corrected chi connectivity index (χ0v) is 10.7. The molecule has 0 aliphatic rings. The maximum absolute atomic E-state index is 10.5. The van der Waals surface area contributed by atoms with Gasteiger partial charge in [0.1, 0.15) is 5.75 Å². The van der Waals surface area contributed by atoms with Crippen LogP contribution in [0.4, 0.5) is 0 Å². The summed E-state index contributed by atoms with van der Waals surface area (Å²) in [6.07, 6.45) is 0. The van der Waals surface area contributed by atoms with Crippen LogP contribution in [0.25, 0.3) is 0 Å². The minimum absolute atomic E-state index is 0. The number of ether oxygens (including phenoxy) is 1. The Balaban J connectivity index is 0. The molecule has 0 radical (unpaired) electrons. The summed E-state index contributed by atoms with van der Waals surface area (Å²) in [5.41, 5.74) is 1.15. The van der Waals surface area contributed by atoms with Gasteiger partial charge in [0.2, 0.25) is 0 Å². The van der Waals surface area contributed by atoms with Gasteiger partial charge in [-0.05, 0) is 19.1 Å². The van der Waals surface area contributed by atoms with Crippen molar-refractivity contribution in [3.8, 4) is 5.75 Å². The largest absolute Gasteiger partial charge is 1.00 e. The fourth-order valence-electron chi connectivity index (χ4n) is 0.772. The fourth-order valence-corrected chi connectivity index (χ4v) is 0.772. The van der Waals surface area contributed by atoms with Crippen LogP contribution in [0.5, 0.6) is 5.75 Å². The normalized spacial score (nSPS) is 8.50. The smallest absolute Gasteiger partial charge is 1.00 e. The van der Waals surface area contributed by atoms with Crippen LogP contribution >= 0.6 is 0 Å². The van der Waals surface area contributed by atoms with Gasteiger partial charge in [0, 0.05) is 6.92 Å². The SMILES string of the molecule is CC(=O)Oc1ccc(C)cc1.[H-].[K+]. The van der Waals surface area contributed by atoms with Crippen molar-refractivity contribution in [3.05, 3.63) is 29.8 Å². The third-order valence-electron chi connectivity index (χ3n) is 1.28. The molecule has 0 amide bonds. The van der Waals surface area contributed by atoms with Crippen LogP contribution < -0.4 is 56.1 Å². The van der Waals surface area contributed by atoms with Crippen LogP contribution in [0.3, 0.4) is 0 Å². The molecule has 0 saturated heterocycles. The number of carbonyl (C=O) groups is 1. The zero-order valence-electron chi connectivity index (χ0n) is 8.63. The maximum atomic E-state index is 10.5. The van der Waals surface area contributed by atoms with Crippen molar-refractivity contribution in [2.24, 2.45) is 0 Å². The van der Waals surface area contributed by atoms with E-state index in [-0.39, 0.29) is 58.8 Å². The number of esters is 1. The van der Waals surface area contributed by atoms with Crippen LogP contribution in [0.1, 0.15) is 13.9 Å². The number of rotatable bonds is 1. The van der Waals surface area contributed by atoms with Gasteiger partial charge in [-0.25, -0.2) is 0 Å². The third kappa shape index (κ3) is 4.38. The third-order valence-corrected chi connectivity index (χ3v) is 1.28. The minimum Gasteiger partial charge on any atom is -1.00 e. The van der Waals surface area contributed by atoms with Crippen LogP contribution in [0.15, 0.2) is 24.3 Å². The van der Waals surface area contributed by atoms with E-state index < -0.39 is 0 Å². The fraction of sp³-hybridized carbons (Fsp3) is 0.222. The molecule has 1 aromatic rings. The standard InChI is InChI=1S/C9H10O2.K.H/c1-7-3-5-9(6-4-7)11-8(2)10;;/h3-6H,1-2H3;;/q;+1;-1. The van der Waals surface area contributed by atoms with Crippen LogP contribution in [-0.4, -0.2) is 5.97 Å². The van der Waals surface area contributed by atoms with Gasteiger partial charge in [0.05, 0.1) is 0 Å². The molecule has 0 N–H and O–H groups in total. The first-order valence-corrected chi connectivity index (χ1v) is 3.43. The van der Waals surface area contributed by atoms with Crippen LogP contribution in [0, 0.1) is 6.92 Å². The number of aryl methyl sites for hydroxylation is 1. The summed E-state index contributed by atoms with van der Waals surface area (Å²) in [7, 11) is 0. The van der Waals surface area contributed by atoms with Crippen molar-refractivity contribution in [3.63, 3.8) is 0 Å². The maximum Gasteiger partial charge on any atom is 1.00 e. The molecule has 0 unspecified atom stereocenters. The summed E-state index contributed by atoms with van der Waals surface area (Å²) in [5, 5.41) is 0. The van der Waals surface area contributed by atoms with Gasteiger partial charge < -0.3 is 6.16 Å². The van der Waals surface area contributed by atoms with Gasteiger partial charge in [-0.2, -0.15) is 0 Å². The van der Waals surface area contributed by atoms with Gasteiger partial charge in [-0.1, -0.05) is 17.7 Å². The van der Waals surface area contributed by atoms with Crippen molar-refractivity contribution in [2.75, 3.05) is 0 Å². The van der Waals surface area contributed by atoms with Crippen molar-refractivity contribution in [1.82, 2.24) is 0 Å². The molecule has 1 aromatic carbocycles. The van der Waals surface area contributed by atoms with Gasteiger partial charge in [0.25, 0.3) is 0 Å². The number of carbonyl (C=O) groups excluding carboxylic acids is 1. The Morgan fingerprint density at radius 2 is 1.83 bits per heavy atom. The second-order valence-electron chi connectivity index (χ2n) is 2.41. The van der Waals surface area contributed by atoms with Gasteiger partial charge >= 0.3 is 57.4 Å². The Labute approximate surface area is 116 Å². The van der Waals surface area contributed by atoms with Crippen LogP contribution in [0.2, 0.25) is 0 Å². The van der Waals surface area contributed by atoms with E-state index in [9.17, 15) is 4.79 Å². The minimum atomic E-state index is -0.283. The molecular formula is C9H11KO2. The number of hydrogen-bond acceptors (Lipinski definition) is 2. The summed E-state index contributed by atoms with van der Waals surface area (Å²) >= 11 is 0. The predicted octanol–water partition coefficient (Wildman–Crippen LogP) is -0.963. The molecule has 60 valence electrons. The Kier molecular flexibility index (Phi) is 6.04.